The van der Waals surface area contributed by atoms with Gasteiger partial charge in [0.1, 0.15) is 0 Å². The Balaban J connectivity index is 3.51. The van der Waals surface area contributed by atoms with Crippen LogP contribution in [0.3, 0.4) is 0 Å². The fraction of sp³-hybridized carbons (Fsp3) is 0.857. The van der Waals surface area contributed by atoms with Gasteiger partial charge in [0.15, 0.2) is 5.92 Å². The number of carboxylic acid groups (broad SMARTS) is 1. The minimum absolute atomic E-state index is 0.227. The van der Waals surface area contributed by atoms with Crippen molar-refractivity contribution in [3.63, 3.8) is 0 Å². The highest BCUT2D eigenvalue weighted by Crippen LogP contribution is 2.14. The molecule has 0 spiro atoms. The molecular weight excluding hydrogens is 248 g/mol. The van der Waals surface area contributed by atoms with Crippen molar-refractivity contribution in [3.8, 4) is 0 Å². The van der Waals surface area contributed by atoms with Gasteiger partial charge in [-0.1, -0.05) is 64.7 Å². The van der Waals surface area contributed by atoms with Crippen LogP contribution in [0.15, 0.2) is 0 Å². The SMILES string of the molecule is CCCCCCCCCCCC(C(=O)O)C(=O)OO. The van der Waals surface area contributed by atoms with Crippen LogP contribution in [0, 0.1) is 5.92 Å². The maximum absolute atomic E-state index is 11.0. The largest absolute Gasteiger partial charge is 0.481 e. The third kappa shape index (κ3) is 9.47. The summed E-state index contributed by atoms with van der Waals surface area (Å²) in [6.07, 6.45) is 10.4. The molecule has 0 bridgehead atoms. The van der Waals surface area contributed by atoms with Crippen LogP contribution < -0.4 is 0 Å². The van der Waals surface area contributed by atoms with E-state index in [4.69, 9.17) is 10.4 Å². The number of carboxylic acids is 1. The van der Waals surface area contributed by atoms with Crippen molar-refractivity contribution >= 4 is 11.9 Å². The Hall–Kier alpha value is -1.10. The molecule has 1 atom stereocenters. The Morgan fingerprint density at radius 3 is 1.84 bits per heavy atom. The zero-order valence-electron chi connectivity index (χ0n) is 11.8. The topological polar surface area (TPSA) is 83.8 Å². The van der Waals surface area contributed by atoms with Crippen LogP contribution in [0.4, 0.5) is 0 Å². The van der Waals surface area contributed by atoms with Gasteiger partial charge in [0.25, 0.3) is 0 Å². The molecule has 0 aromatic carbocycles. The van der Waals surface area contributed by atoms with E-state index in [-0.39, 0.29) is 6.42 Å². The van der Waals surface area contributed by atoms with Crippen LogP contribution in [-0.4, -0.2) is 22.3 Å². The van der Waals surface area contributed by atoms with E-state index in [1.807, 2.05) is 0 Å². The molecule has 0 saturated carbocycles. The first-order chi connectivity index (χ1) is 9.13. The lowest BCUT2D eigenvalue weighted by Crippen LogP contribution is -2.25. The summed E-state index contributed by atoms with van der Waals surface area (Å²) in [5.41, 5.74) is 0. The minimum Gasteiger partial charge on any atom is -0.481 e. The molecule has 0 aliphatic carbocycles. The first-order valence-electron chi connectivity index (χ1n) is 7.21. The summed E-state index contributed by atoms with van der Waals surface area (Å²) in [4.78, 5) is 25.2. The minimum atomic E-state index is -1.24. The van der Waals surface area contributed by atoms with Crippen LogP contribution in [-0.2, 0) is 14.5 Å². The molecule has 112 valence electrons. The quantitative estimate of drug-likeness (QED) is 0.246. The molecule has 1 unspecified atom stereocenters. The number of hydrogen-bond acceptors (Lipinski definition) is 4. The second-order valence-electron chi connectivity index (χ2n) is 4.92. The van der Waals surface area contributed by atoms with Gasteiger partial charge in [0.05, 0.1) is 0 Å². The predicted octanol–water partition coefficient (Wildman–Crippen LogP) is 3.62. The fourth-order valence-electron chi connectivity index (χ4n) is 2.06. The van der Waals surface area contributed by atoms with Crippen molar-refractivity contribution in [1.82, 2.24) is 0 Å². The molecule has 0 aromatic rings. The summed E-state index contributed by atoms with van der Waals surface area (Å²) < 4.78 is 0. The Morgan fingerprint density at radius 2 is 1.42 bits per heavy atom. The van der Waals surface area contributed by atoms with E-state index in [1.54, 1.807) is 0 Å². The van der Waals surface area contributed by atoms with E-state index in [0.717, 1.165) is 19.3 Å². The van der Waals surface area contributed by atoms with Crippen LogP contribution in [0.25, 0.3) is 0 Å². The lowest BCUT2D eigenvalue weighted by atomic mass is 10.00. The van der Waals surface area contributed by atoms with Gasteiger partial charge >= 0.3 is 11.9 Å². The number of aliphatic carboxylic acids is 1. The second-order valence-corrected chi connectivity index (χ2v) is 4.92. The standard InChI is InChI=1S/C14H26O5/c1-2-3-4-5-6-7-8-9-10-11-12(13(15)16)14(17)19-18/h12,18H,2-11H2,1H3,(H,15,16). The number of unbranched alkanes of at least 4 members (excludes halogenated alkanes) is 8. The summed E-state index contributed by atoms with van der Waals surface area (Å²) >= 11 is 0. The lowest BCUT2D eigenvalue weighted by molar-refractivity contribution is -0.239. The number of carbonyl (C=O) groups is 2. The average molecular weight is 274 g/mol. The van der Waals surface area contributed by atoms with E-state index in [0.29, 0.717) is 6.42 Å². The summed E-state index contributed by atoms with van der Waals surface area (Å²) in [7, 11) is 0. The molecule has 0 aromatic heterocycles. The number of rotatable bonds is 12. The molecule has 0 aliphatic heterocycles. The van der Waals surface area contributed by atoms with Crippen LogP contribution in [0.1, 0.15) is 71.1 Å². The normalized spacial score (nSPS) is 12.1. The molecule has 0 fully saturated rings. The Morgan fingerprint density at radius 1 is 0.947 bits per heavy atom. The lowest BCUT2D eigenvalue weighted by Gasteiger charge is -2.08. The average Bonchev–Trinajstić information content (AvgIpc) is 2.40. The van der Waals surface area contributed by atoms with E-state index in [1.165, 1.54) is 32.1 Å². The van der Waals surface area contributed by atoms with Gasteiger partial charge in [-0.25, -0.2) is 4.79 Å². The highest BCUT2D eigenvalue weighted by Gasteiger charge is 2.27. The molecule has 2 N–H and O–H groups in total. The van der Waals surface area contributed by atoms with Gasteiger partial charge in [0.2, 0.25) is 0 Å². The molecule has 5 heteroatoms. The molecule has 0 aliphatic rings. The van der Waals surface area contributed by atoms with E-state index < -0.39 is 17.9 Å². The molecule has 0 heterocycles. The molecule has 0 radical (unpaired) electrons. The smallest absolute Gasteiger partial charge is 0.356 e. The summed E-state index contributed by atoms with van der Waals surface area (Å²) in [6, 6.07) is 0. The fourth-order valence-corrected chi connectivity index (χ4v) is 2.06. The van der Waals surface area contributed by atoms with Crippen LogP contribution in [0.2, 0.25) is 0 Å². The Bertz CT molecular complexity index is 252. The highest BCUT2D eigenvalue weighted by atomic mass is 17.1. The van der Waals surface area contributed by atoms with E-state index in [9.17, 15) is 9.59 Å². The van der Waals surface area contributed by atoms with Gasteiger partial charge < -0.3 is 9.99 Å². The zero-order valence-corrected chi connectivity index (χ0v) is 11.8. The molecule has 5 nitrogen and oxygen atoms in total. The van der Waals surface area contributed by atoms with Crippen LogP contribution >= 0.6 is 0 Å². The summed E-state index contributed by atoms with van der Waals surface area (Å²) in [5, 5.41) is 17.0. The number of carbonyl (C=O) groups excluding carboxylic acids is 1. The van der Waals surface area contributed by atoms with Crippen molar-refractivity contribution in [1.29, 1.82) is 0 Å². The van der Waals surface area contributed by atoms with Gasteiger partial charge in [-0.05, 0) is 6.42 Å². The number of hydrogen-bond donors (Lipinski definition) is 2. The van der Waals surface area contributed by atoms with Crippen molar-refractivity contribution in [2.45, 2.75) is 71.1 Å². The highest BCUT2D eigenvalue weighted by molar-refractivity contribution is 5.93. The van der Waals surface area contributed by atoms with Crippen molar-refractivity contribution in [2.75, 3.05) is 0 Å². The van der Waals surface area contributed by atoms with Gasteiger partial charge in [-0.15, -0.1) is 0 Å². The summed E-state index contributed by atoms with van der Waals surface area (Å²) in [5.74, 6) is -3.56. The third-order valence-electron chi connectivity index (χ3n) is 3.27. The van der Waals surface area contributed by atoms with E-state index >= 15 is 0 Å². The Labute approximate surface area is 114 Å². The van der Waals surface area contributed by atoms with Crippen molar-refractivity contribution in [3.05, 3.63) is 0 Å². The van der Waals surface area contributed by atoms with Crippen molar-refractivity contribution < 1.29 is 24.8 Å². The molecule has 0 rings (SSSR count). The first-order valence-corrected chi connectivity index (χ1v) is 7.21. The predicted molar refractivity (Wildman–Crippen MR) is 71.7 cm³/mol. The first kappa shape index (κ1) is 17.9. The third-order valence-corrected chi connectivity index (χ3v) is 3.27. The monoisotopic (exact) mass is 274 g/mol. The molecule has 0 saturated heterocycles. The molecule has 0 amide bonds. The van der Waals surface area contributed by atoms with Crippen molar-refractivity contribution in [2.24, 2.45) is 5.92 Å². The van der Waals surface area contributed by atoms with Gasteiger partial charge in [-0.2, -0.15) is 5.26 Å². The van der Waals surface area contributed by atoms with Gasteiger partial charge in [0, 0.05) is 0 Å². The maximum atomic E-state index is 11.0. The second kappa shape index (κ2) is 12.0. The zero-order chi connectivity index (χ0) is 14.5. The summed E-state index contributed by atoms with van der Waals surface area (Å²) in [6.45, 7) is 2.19. The molecule has 19 heavy (non-hydrogen) atoms. The Kier molecular flexibility index (Phi) is 11.3. The molecular formula is C14H26O5. The maximum Gasteiger partial charge on any atom is 0.356 e. The van der Waals surface area contributed by atoms with Crippen LogP contribution in [0.5, 0.6) is 0 Å². The van der Waals surface area contributed by atoms with E-state index in [2.05, 4.69) is 11.8 Å². The van der Waals surface area contributed by atoms with Gasteiger partial charge in [-0.3, -0.25) is 4.79 Å².